The molecule has 6 rings (SSSR count). The summed E-state index contributed by atoms with van der Waals surface area (Å²) in [4.78, 5) is 0. The van der Waals surface area contributed by atoms with Crippen molar-refractivity contribution in [2.24, 2.45) is 0 Å². The molecule has 0 aliphatic heterocycles. The van der Waals surface area contributed by atoms with Gasteiger partial charge in [-0.1, -0.05) is 36.4 Å². The van der Waals surface area contributed by atoms with Crippen molar-refractivity contribution in [3.63, 3.8) is 0 Å². The molecule has 0 saturated carbocycles. The van der Waals surface area contributed by atoms with Crippen LogP contribution in [0.25, 0.3) is 0 Å². The van der Waals surface area contributed by atoms with Crippen molar-refractivity contribution < 1.29 is 47.4 Å². The quantitative estimate of drug-likeness (QED) is 0.0699. The van der Waals surface area contributed by atoms with Crippen molar-refractivity contribution in [2.75, 3.05) is 56.9 Å². The Morgan fingerprint density at radius 3 is 0.967 bits per heavy atom. The van der Waals surface area contributed by atoms with Crippen molar-refractivity contribution in [3.05, 3.63) is 143 Å². The van der Waals surface area contributed by atoms with Crippen LogP contribution < -0.4 is 47.4 Å². The molecule has 6 aromatic carbocycles. The number of ether oxygens (including phenoxy) is 10. The first-order valence-corrected chi connectivity index (χ1v) is 19.8. The fraction of sp³-hybridized carbons (Fsp3) is 0.280. The Kier molecular flexibility index (Phi) is 14.9. The van der Waals surface area contributed by atoms with E-state index in [1.165, 1.54) is 11.1 Å². The van der Waals surface area contributed by atoms with Crippen LogP contribution in [0.2, 0.25) is 0 Å². The zero-order valence-electron chi connectivity index (χ0n) is 35.7. The summed E-state index contributed by atoms with van der Waals surface area (Å²) in [5.41, 5.74) is 6.46. The van der Waals surface area contributed by atoms with Crippen molar-refractivity contribution >= 4 is 0 Å². The van der Waals surface area contributed by atoms with Crippen LogP contribution in [-0.4, -0.2) is 56.9 Å². The first kappa shape index (κ1) is 42.9. The molecule has 0 atom stereocenters. The Morgan fingerprint density at radius 2 is 0.600 bits per heavy atom. The minimum atomic E-state index is 0.416. The Labute approximate surface area is 353 Å². The summed E-state index contributed by atoms with van der Waals surface area (Å²) in [5, 5.41) is 0. The summed E-state index contributed by atoms with van der Waals surface area (Å²) in [6.45, 7) is 0. The summed E-state index contributed by atoms with van der Waals surface area (Å²) < 4.78 is 59.0. The molecule has 0 unspecified atom stereocenters. The average Bonchev–Trinajstić information content (AvgIpc) is 3.29. The number of methoxy groups -OCH3 is 8. The molecule has 0 aromatic heterocycles. The molecule has 10 heteroatoms. The van der Waals surface area contributed by atoms with E-state index < -0.39 is 0 Å². The number of aryl methyl sites for hydroxylation is 6. The Bertz CT molecular complexity index is 2200. The number of benzene rings is 6. The van der Waals surface area contributed by atoms with Gasteiger partial charge in [0, 0.05) is 0 Å². The minimum absolute atomic E-state index is 0.416. The molecule has 0 fully saturated rings. The lowest BCUT2D eigenvalue weighted by Gasteiger charge is -2.20. The van der Waals surface area contributed by atoms with Gasteiger partial charge in [0.1, 0.15) is 11.5 Å². The largest absolute Gasteiger partial charge is 0.497 e. The van der Waals surface area contributed by atoms with Crippen molar-refractivity contribution in [2.45, 2.75) is 38.5 Å². The minimum Gasteiger partial charge on any atom is -0.497 e. The molecule has 0 N–H and O–H groups in total. The summed E-state index contributed by atoms with van der Waals surface area (Å²) in [6.07, 6.45) is 4.46. The van der Waals surface area contributed by atoms with Gasteiger partial charge in [-0.25, -0.2) is 0 Å². The van der Waals surface area contributed by atoms with Crippen LogP contribution in [0, 0.1) is 0 Å². The third-order valence-electron chi connectivity index (χ3n) is 10.3. The fourth-order valence-corrected chi connectivity index (χ4v) is 7.08. The monoisotopic (exact) mass is 814 g/mol. The molecule has 0 radical (unpaired) electrons. The predicted molar refractivity (Wildman–Crippen MR) is 233 cm³/mol. The van der Waals surface area contributed by atoms with Gasteiger partial charge < -0.3 is 47.4 Å². The molecule has 60 heavy (non-hydrogen) atoms. The van der Waals surface area contributed by atoms with Crippen LogP contribution in [0.1, 0.15) is 33.4 Å². The van der Waals surface area contributed by atoms with Gasteiger partial charge in [-0.15, -0.1) is 0 Å². The summed E-state index contributed by atoms with van der Waals surface area (Å²) >= 11 is 0. The molecule has 0 bridgehead atoms. The van der Waals surface area contributed by atoms with Crippen LogP contribution in [0.15, 0.2) is 109 Å². The van der Waals surface area contributed by atoms with Crippen LogP contribution in [-0.2, 0) is 38.5 Å². The zero-order chi connectivity index (χ0) is 42.4. The Hall–Kier alpha value is -6.68. The van der Waals surface area contributed by atoms with E-state index in [9.17, 15) is 0 Å². The molecule has 0 heterocycles. The average molecular weight is 815 g/mol. The lowest BCUT2D eigenvalue weighted by Crippen LogP contribution is -2.02. The summed E-state index contributed by atoms with van der Waals surface area (Å²) in [5.74, 6) is 6.98. The van der Waals surface area contributed by atoms with E-state index in [4.69, 9.17) is 47.4 Å². The van der Waals surface area contributed by atoms with E-state index >= 15 is 0 Å². The fourth-order valence-electron chi connectivity index (χ4n) is 7.08. The second-order valence-electron chi connectivity index (χ2n) is 14.0. The topological polar surface area (TPSA) is 92.3 Å². The smallest absolute Gasteiger partial charge is 0.204 e. The maximum Gasteiger partial charge on any atom is 0.204 e. The highest BCUT2D eigenvalue weighted by atomic mass is 16.6. The molecule has 0 saturated heterocycles. The van der Waals surface area contributed by atoms with Gasteiger partial charge in [0.05, 0.1) is 56.9 Å². The Balaban J connectivity index is 1.35. The van der Waals surface area contributed by atoms with Gasteiger partial charge in [-0.05, 0) is 145 Å². The van der Waals surface area contributed by atoms with E-state index in [2.05, 4.69) is 36.4 Å². The molecule has 0 aliphatic rings. The van der Waals surface area contributed by atoms with Crippen LogP contribution >= 0.6 is 0 Å². The van der Waals surface area contributed by atoms with Gasteiger partial charge in [-0.3, -0.25) is 0 Å². The molecule has 314 valence electrons. The number of rotatable bonds is 21. The Morgan fingerprint density at radius 1 is 0.267 bits per heavy atom. The molecule has 0 amide bonds. The highest BCUT2D eigenvalue weighted by Crippen LogP contribution is 2.46. The van der Waals surface area contributed by atoms with E-state index in [-0.39, 0.29) is 0 Å². The van der Waals surface area contributed by atoms with Crippen LogP contribution in [0.5, 0.6) is 69.0 Å². The SMILES string of the molecule is COc1cccc(CCc2ccc(OC)c(Oc3cc(CCc4cc(OC)c(OC)c(OC)c4)cc(Oc4cc(CCc5cccc(OC)c5)ccc4OC)c3OC)c2)c1. The number of hydrogen-bond donors (Lipinski definition) is 0. The third kappa shape index (κ3) is 10.7. The van der Waals surface area contributed by atoms with E-state index in [1.807, 2.05) is 72.8 Å². The van der Waals surface area contributed by atoms with Crippen LogP contribution in [0.4, 0.5) is 0 Å². The predicted octanol–water partition coefficient (Wildman–Crippen LogP) is 10.7. The van der Waals surface area contributed by atoms with Crippen LogP contribution in [0.3, 0.4) is 0 Å². The molecular formula is C50H54O10. The second kappa shape index (κ2) is 20.8. The highest BCUT2D eigenvalue weighted by molar-refractivity contribution is 5.59. The van der Waals surface area contributed by atoms with E-state index in [0.717, 1.165) is 59.4 Å². The molecule has 10 nitrogen and oxygen atoms in total. The lowest BCUT2D eigenvalue weighted by molar-refractivity contribution is 0.324. The first-order chi connectivity index (χ1) is 29.3. The highest BCUT2D eigenvalue weighted by Gasteiger charge is 2.21. The van der Waals surface area contributed by atoms with Crippen molar-refractivity contribution in [3.8, 4) is 69.0 Å². The van der Waals surface area contributed by atoms with Crippen molar-refractivity contribution in [1.29, 1.82) is 0 Å². The van der Waals surface area contributed by atoms with Gasteiger partial charge in [-0.2, -0.15) is 0 Å². The zero-order valence-corrected chi connectivity index (χ0v) is 35.7. The van der Waals surface area contributed by atoms with E-state index in [1.54, 1.807) is 56.9 Å². The standard InChI is InChI=1S/C50H54O10/c1-51-39-13-9-11-33(25-39)15-17-35-21-23-41(53-3)43(27-35)59-47-31-38(20-19-37-29-45(55-5)49(57-7)46(30-37)56-6)32-48(50(47)58-8)60-44-28-36(22-24-42(44)54-4)18-16-34-12-10-14-40(26-34)52-2/h9-14,21-32H,15-20H2,1-8H3. The summed E-state index contributed by atoms with van der Waals surface area (Å²) in [6, 6.07) is 36.1. The van der Waals surface area contributed by atoms with Crippen molar-refractivity contribution in [1.82, 2.24) is 0 Å². The van der Waals surface area contributed by atoms with Gasteiger partial charge in [0.15, 0.2) is 46.0 Å². The molecule has 0 aliphatic carbocycles. The summed E-state index contributed by atoms with van der Waals surface area (Å²) in [7, 11) is 13.0. The number of hydrogen-bond acceptors (Lipinski definition) is 10. The lowest BCUT2D eigenvalue weighted by atomic mass is 10.0. The maximum atomic E-state index is 6.76. The molecule has 6 aromatic rings. The maximum absolute atomic E-state index is 6.76. The second-order valence-corrected chi connectivity index (χ2v) is 14.0. The normalized spacial score (nSPS) is 10.7. The van der Waals surface area contributed by atoms with E-state index in [0.29, 0.717) is 70.3 Å². The molecular weight excluding hydrogens is 761 g/mol. The first-order valence-electron chi connectivity index (χ1n) is 19.8. The van der Waals surface area contributed by atoms with Gasteiger partial charge >= 0.3 is 0 Å². The van der Waals surface area contributed by atoms with Gasteiger partial charge in [0.25, 0.3) is 0 Å². The molecule has 0 spiro atoms. The third-order valence-corrected chi connectivity index (χ3v) is 10.3. The van der Waals surface area contributed by atoms with Gasteiger partial charge in [0.2, 0.25) is 11.5 Å².